The van der Waals surface area contributed by atoms with Crippen LogP contribution in [0.25, 0.3) is 0 Å². The number of ether oxygens (including phenoxy) is 1. The lowest BCUT2D eigenvalue weighted by Gasteiger charge is -2.31. The second-order valence-electron chi connectivity index (χ2n) is 8.67. The number of nitrogens with zero attached hydrogens (tertiary/aromatic N) is 1. The molecule has 2 amide bonds. The fourth-order valence-electron chi connectivity index (χ4n) is 4.38. The van der Waals surface area contributed by atoms with E-state index in [0.717, 1.165) is 57.5 Å². The lowest BCUT2D eigenvalue weighted by atomic mass is 9.95. The molecule has 0 aliphatic carbocycles. The van der Waals surface area contributed by atoms with Crippen molar-refractivity contribution < 1.29 is 14.3 Å². The van der Waals surface area contributed by atoms with E-state index in [1.807, 2.05) is 18.2 Å². The lowest BCUT2D eigenvalue weighted by molar-refractivity contribution is -0.121. The highest BCUT2D eigenvalue weighted by molar-refractivity contribution is 6.35. The van der Waals surface area contributed by atoms with Gasteiger partial charge in [0.25, 0.3) is 5.91 Å². The number of hydrogen-bond acceptors (Lipinski definition) is 4. The van der Waals surface area contributed by atoms with Gasteiger partial charge in [0.2, 0.25) is 5.91 Å². The number of para-hydroxylation sites is 1. The topological polar surface area (TPSA) is 70.7 Å². The van der Waals surface area contributed by atoms with Crippen molar-refractivity contribution in [1.29, 1.82) is 0 Å². The maximum atomic E-state index is 12.9. The zero-order chi connectivity index (χ0) is 23.2. The molecule has 2 aromatic carbocycles. The molecule has 2 fully saturated rings. The first-order valence-electron chi connectivity index (χ1n) is 11.5. The summed E-state index contributed by atoms with van der Waals surface area (Å²) < 4.78 is 5.57. The SMILES string of the molecule is O=C(NCC1CCCO1)c1ccccc1NC(=O)C1CCN(Cc2ccc(Cl)cc2Cl)CC1. The predicted molar refractivity (Wildman–Crippen MR) is 131 cm³/mol. The third-order valence-electron chi connectivity index (χ3n) is 6.31. The number of nitrogens with one attached hydrogen (secondary N) is 2. The summed E-state index contributed by atoms with van der Waals surface area (Å²) in [4.78, 5) is 27.9. The van der Waals surface area contributed by atoms with E-state index >= 15 is 0 Å². The molecule has 2 aromatic rings. The first-order chi connectivity index (χ1) is 16.0. The average molecular weight is 490 g/mol. The highest BCUT2D eigenvalue weighted by Crippen LogP contribution is 2.26. The molecule has 176 valence electrons. The van der Waals surface area contributed by atoms with Gasteiger partial charge in [0.15, 0.2) is 0 Å². The second kappa shape index (κ2) is 11.3. The van der Waals surface area contributed by atoms with Gasteiger partial charge in [-0.05, 0) is 68.6 Å². The number of rotatable bonds is 7. The van der Waals surface area contributed by atoms with Crippen molar-refractivity contribution in [1.82, 2.24) is 10.2 Å². The van der Waals surface area contributed by atoms with Crippen LogP contribution in [-0.2, 0) is 16.1 Å². The normalized spacial score (nSPS) is 19.4. The summed E-state index contributed by atoms with van der Waals surface area (Å²) in [6.07, 6.45) is 3.57. The Morgan fingerprint density at radius 3 is 2.58 bits per heavy atom. The van der Waals surface area contributed by atoms with Crippen LogP contribution in [0.1, 0.15) is 41.6 Å². The van der Waals surface area contributed by atoms with Crippen LogP contribution in [0, 0.1) is 5.92 Å². The number of piperidine rings is 1. The minimum atomic E-state index is -0.198. The monoisotopic (exact) mass is 489 g/mol. The zero-order valence-electron chi connectivity index (χ0n) is 18.5. The molecule has 2 saturated heterocycles. The Morgan fingerprint density at radius 1 is 1.06 bits per heavy atom. The molecule has 2 heterocycles. The van der Waals surface area contributed by atoms with Gasteiger partial charge in [-0.3, -0.25) is 14.5 Å². The molecule has 0 saturated carbocycles. The van der Waals surface area contributed by atoms with Crippen LogP contribution in [0.15, 0.2) is 42.5 Å². The van der Waals surface area contributed by atoms with Crippen LogP contribution in [0.5, 0.6) is 0 Å². The van der Waals surface area contributed by atoms with E-state index in [4.69, 9.17) is 27.9 Å². The van der Waals surface area contributed by atoms with Gasteiger partial charge in [-0.15, -0.1) is 0 Å². The minimum Gasteiger partial charge on any atom is -0.376 e. The van der Waals surface area contributed by atoms with E-state index in [9.17, 15) is 9.59 Å². The Bertz CT molecular complexity index is 987. The molecule has 2 N–H and O–H groups in total. The van der Waals surface area contributed by atoms with Gasteiger partial charge in [0.05, 0.1) is 17.4 Å². The maximum Gasteiger partial charge on any atom is 0.253 e. The van der Waals surface area contributed by atoms with Crippen LogP contribution in [0.2, 0.25) is 10.0 Å². The summed E-state index contributed by atoms with van der Waals surface area (Å²) in [5.41, 5.74) is 2.05. The molecular formula is C25H29Cl2N3O3. The molecule has 1 unspecified atom stereocenters. The quantitative estimate of drug-likeness (QED) is 0.588. The number of carbonyl (C=O) groups excluding carboxylic acids is 2. The summed E-state index contributed by atoms with van der Waals surface area (Å²) in [5.74, 6) is -0.334. The number of likely N-dealkylation sites (tertiary alicyclic amines) is 1. The summed E-state index contributed by atoms with van der Waals surface area (Å²) in [6, 6.07) is 12.7. The smallest absolute Gasteiger partial charge is 0.253 e. The molecule has 0 bridgehead atoms. The number of halogens is 2. The van der Waals surface area contributed by atoms with Gasteiger partial charge >= 0.3 is 0 Å². The largest absolute Gasteiger partial charge is 0.376 e. The van der Waals surface area contributed by atoms with Crippen molar-refractivity contribution in [2.75, 3.05) is 31.6 Å². The minimum absolute atomic E-state index is 0.0430. The number of carbonyl (C=O) groups is 2. The highest BCUT2D eigenvalue weighted by atomic mass is 35.5. The van der Waals surface area contributed by atoms with Crippen LogP contribution in [0.3, 0.4) is 0 Å². The Labute approximate surface area is 204 Å². The van der Waals surface area contributed by atoms with Crippen molar-refractivity contribution in [3.63, 3.8) is 0 Å². The van der Waals surface area contributed by atoms with Gasteiger partial charge in [0, 0.05) is 35.7 Å². The molecule has 2 aliphatic rings. The Hall–Kier alpha value is -2.12. The van der Waals surface area contributed by atoms with E-state index in [1.165, 1.54) is 0 Å². The van der Waals surface area contributed by atoms with Gasteiger partial charge in [-0.25, -0.2) is 0 Å². The molecule has 0 radical (unpaired) electrons. The van der Waals surface area contributed by atoms with E-state index in [-0.39, 0.29) is 23.8 Å². The van der Waals surface area contributed by atoms with Gasteiger partial charge in [-0.2, -0.15) is 0 Å². The van der Waals surface area contributed by atoms with Crippen molar-refractivity contribution in [2.45, 2.75) is 38.3 Å². The summed E-state index contributed by atoms with van der Waals surface area (Å²) in [7, 11) is 0. The third kappa shape index (κ3) is 6.48. The first-order valence-corrected chi connectivity index (χ1v) is 12.2. The van der Waals surface area contributed by atoms with E-state index < -0.39 is 0 Å². The number of anilines is 1. The lowest BCUT2D eigenvalue weighted by Crippen LogP contribution is -2.38. The van der Waals surface area contributed by atoms with Crippen molar-refractivity contribution >= 4 is 40.7 Å². The Kier molecular flexibility index (Phi) is 8.25. The van der Waals surface area contributed by atoms with Crippen LogP contribution < -0.4 is 10.6 Å². The number of amides is 2. The van der Waals surface area contributed by atoms with Gasteiger partial charge < -0.3 is 15.4 Å². The predicted octanol–water partition coefficient (Wildman–Crippen LogP) is 4.75. The molecular weight excluding hydrogens is 461 g/mol. The maximum absolute atomic E-state index is 12.9. The van der Waals surface area contributed by atoms with Crippen LogP contribution >= 0.6 is 23.2 Å². The molecule has 0 aromatic heterocycles. The van der Waals surface area contributed by atoms with Crippen LogP contribution in [0.4, 0.5) is 5.69 Å². The molecule has 6 nitrogen and oxygen atoms in total. The van der Waals surface area contributed by atoms with Crippen molar-refractivity contribution in [3.05, 3.63) is 63.6 Å². The molecule has 33 heavy (non-hydrogen) atoms. The molecule has 0 spiro atoms. The Balaban J connectivity index is 1.29. The fraction of sp³-hybridized carbons (Fsp3) is 0.440. The highest BCUT2D eigenvalue weighted by Gasteiger charge is 2.26. The zero-order valence-corrected chi connectivity index (χ0v) is 20.0. The van der Waals surface area contributed by atoms with E-state index in [0.29, 0.717) is 27.8 Å². The molecule has 4 rings (SSSR count). The number of hydrogen-bond donors (Lipinski definition) is 2. The second-order valence-corrected chi connectivity index (χ2v) is 9.51. The molecule has 2 aliphatic heterocycles. The summed E-state index contributed by atoms with van der Waals surface area (Å²) in [5, 5.41) is 7.20. The standard InChI is InChI=1S/C25H29Cl2N3O3/c26-19-8-7-18(22(27)14-19)16-30-11-9-17(10-12-30)24(31)29-23-6-2-1-5-21(23)25(32)28-15-20-4-3-13-33-20/h1-2,5-8,14,17,20H,3-4,9-13,15-16H2,(H,28,32)(H,29,31). The van der Waals surface area contributed by atoms with Gasteiger partial charge in [-0.1, -0.05) is 41.4 Å². The Morgan fingerprint density at radius 2 is 1.85 bits per heavy atom. The fourth-order valence-corrected chi connectivity index (χ4v) is 4.84. The third-order valence-corrected chi connectivity index (χ3v) is 6.90. The van der Waals surface area contributed by atoms with E-state index in [2.05, 4.69) is 15.5 Å². The summed E-state index contributed by atoms with van der Waals surface area (Å²) >= 11 is 12.3. The first kappa shape index (κ1) is 24.0. The van der Waals surface area contributed by atoms with Gasteiger partial charge in [0.1, 0.15) is 0 Å². The molecule has 1 atom stereocenters. The van der Waals surface area contributed by atoms with Crippen LogP contribution in [-0.4, -0.2) is 49.1 Å². The van der Waals surface area contributed by atoms with E-state index in [1.54, 1.807) is 24.3 Å². The van der Waals surface area contributed by atoms with Crippen molar-refractivity contribution in [3.8, 4) is 0 Å². The number of benzene rings is 2. The van der Waals surface area contributed by atoms with Crippen molar-refractivity contribution in [2.24, 2.45) is 5.92 Å². The summed E-state index contributed by atoms with van der Waals surface area (Å²) in [6.45, 7) is 3.58. The average Bonchev–Trinajstić information content (AvgIpc) is 3.34. The molecule has 8 heteroatoms.